The van der Waals surface area contributed by atoms with Crippen molar-refractivity contribution in [2.75, 3.05) is 18.0 Å². The van der Waals surface area contributed by atoms with Crippen LogP contribution in [0.2, 0.25) is 5.02 Å². The van der Waals surface area contributed by atoms with Gasteiger partial charge in [0, 0.05) is 36.8 Å². The Morgan fingerprint density at radius 2 is 2.15 bits per heavy atom. The van der Waals surface area contributed by atoms with E-state index in [0.29, 0.717) is 41.6 Å². The molecule has 1 aromatic heterocycles. The van der Waals surface area contributed by atoms with Gasteiger partial charge in [-0.15, -0.1) is 0 Å². The van der Waals surface area contributed by atoms with E-state index in [0.717, 1.165) is 23.4 Å². The summed E-state index contributed by atoms with van der Waals surface area (Å²) < 4.78 is 11.2. The highest BCUT2D eigenvalue weighted by atomic mass is 35.5. The number of rotatable bonds is 9. The molecular weight excluding hydrogens is 444 g/mol. The maximum atomic E-state index is 10.7. The Morgan fingerprint density at radius 1 is 1.33 bits per heavy atom. The average molecular weight is 471 g/mol. The van der Waals surface area contributed by atoms with E-state index in [-0.39, 0.29) is 12.5 Å². The van der Waals surface area contributed by atoms with Crippen LogP contribution in [0.25, 0.3) is 11.5 Å². The lowest BCUT2D eigenvalue weighted by Gasteiger charge is -2.14. The number of carboxylic acid groups (broad SMARTS) is 1. The molecule has 3 aromatic rings. The molecule has 0 saturated heterocycles. The number of aliphatic carboxylic acids is 1. The van der Waals surface area contributed by atoms with E-state index < -0.39 is 5.97 Å². The first-order chi connectivity index (χ1) is 15.8. The SMILES string of the molecule is CC(C)Oc1ccc(-c2nc(N3CC(C)c4cc(CNCCC(=O)O)ccc43)no2)cc1Cl. The largest absolute Gasteiger partial charge is 0.489 e. The molecule has 1 aliphatic rings. The van der Waals surface area contributed by atoms with Crippen LogP contribution in [0.5, 0.6) is 5.75 Å². The zero-order valence-corrected chi connectivity index (χ0v) is 19.6. The molecule has 0 saturated carbocycles. The van der Waals surface area contributed by atoms with Crippen molar-refractivity contribution in [3.05, 3.63) is 52.5 Å². The summed E-state index contributed by atoms with van der Waals surface area (Å²) in [6.07, 6.45) is 0.134. The van der Waals surface area contributed by atoms with Crippen molar-refractivity contribution in [3.63, 3.8) is 0 Å². The number of anilines is 2. The molecule has 0 radical (unpaired) electrons. The lowest BCUT2D eigenvalue weighted by Crippen LogP contribution is -2.17. The van der Waals surface area contributed by atoms with Crippen LogP contribution in [0.1, 0.15) is 44.2 Å². The van der Waals surface area contributed by atoms with Crippen molar-refractivity contribution in [3.8, 4) is 17.2 Å². The number of benzene rings is 2. The van der Waals surface area contributed by atoms with Gasteiger partial charge >= 0.3 is 5.97 Å². The quantitative estimate of drug-likeness (QED) is 0.421. The highest BCUT2D eigenvalue weighted by Gasteiger charge is 2.30. The van der Waals surface area contributed by atoms with Gasteiger partial charge in [0.15, 0.2) is 0 Å². The van der Waals surface area contributed by atoms with Crippen LogP contribution in [0.3, 0.4) is 0 Å². The van der Waals surface area contributed by atoms with Crippen LogP contribution in [0.15, 0.2) is 40.9 Å². The van der Waals surface area contributed by atoms with Gasteiger partial charge in [0.25, 0.3) is 11.8 Å². The molecule has 1 atom stereocenters. The van der Waals surface area contributed by atoms with Crippen molar-refractivity contribution in [1.82, 2.24) is 15.5 Å². The van der Waals surface area contributed by atoms with Crippen LogP contribution in [-0.4, -0.2) is 40.4 Å². The van der Waals surface area contributed by atoms with Crippen molar-refractivity contribution in [1.29, 1.82) is 0 Å². The van der Waals surface area contributed by atoms with Crippen LogP contribution >= 0.6 is 11.6 Å². The summed E-state index contributed by atoms with van der Waals surface area (Å²) >= 11 is 6.36. The van der Waals surface area contributed by atoms with Crippen LogP contribution in [0.4, 0.5) is 11.6 Å². The Hall–Kier alpha value is -3.10. The Balaban J connectivity index is 1.49. The molecule has 0 bridgehead atoms. The zero-order valence-electron chi connectivity index (χ0n) is 18.8. The molecule has 0 fully saturated rings. The van der Waals surface area contributed by atoms with Gasteiger partial charge in [-0.3, -0.25) is 4.79 Å². The molecule has 174 valence electrons. The molecule has 0 amide bonds. The Kier molecular flexibility index (Phi) is 6.85. The molecule has 4 rings (SSSR count). The number of nitrogens with zero attached hydrogens (tertiary/aromatic N) is 3. The molecule has 2 N–H and O–H groups in total. The lowest BCUT2D eigenvalue weighted by atomic mass is 10.0. The van der Waals surface area contributed by atoms with E-state index in [9.17, 15) is 4.79 Å². The van der Waals surface area contributed by atoms with Crippen molar-refractivity contribution >= 4 is 29.2 Å². The highest BCUT2D eigenvalue weighted by molar-refractivity contribution is 6.32. The fourth-order valence-electron chi connectivity index (χ4n) is 3.87. The third kappa shape index (κ3) is 5.29. The first-order valence-electron chi connectivity index (χ1n) is 10.9. The third-order valence-electron chi connectivity index (χ3n) is 5.41. The van der Waals surface area contributed by atoms with E-state index in [2.05, 4.69) is 34.5 Å². The van der Waals surface area contributed by atoms with E-state index >= 15 is 0 Å². The zero-order chi connectivity index (χ0) is 23.5. The van der Waals surface area contributed by atoms with Crippen molar-refractivity contribution in [2.24, 2.45) is 0 Å². The van der Waals surface area contributed by atoms with Gasteiger partial charge in [-0.05, 0) is 54.4 Å². The number of halogens is 1. The average Bonchev–Trinajstić information content (AvgIpc) is 3.37. The van der Waals surface area contributed by atoms with Gasteiger partial charge in [-0.1, -0.05) is 30.7 Å². The normalized spacial score (nSPS) is 15.2. The number of hydrogen-bond acceptors (Lipinski definition) is 7. The Bertz CT molecular complexity index is 1150. The number of nitrogens with one attached hydrogen (secondary N) is 1. The van der Waals surface area contributed by atoms with E-state index in [1.54, 1.807) is 12.1 Å². The number of hydrogen-bond donors (Lipinski definition) is 2. The number of aromatic nitrogens is 2. The minimum Gasteiger partial charge on any atom is -0.489 e. The highest BCUT2D eigenvalue weighted by Crippen LogP contribution is 2.41. The number of fused-ring (bicyclic) bond motifs is 1. The summed E-state index contributed by atoms with van der Waals surface area (Å²) in [6, 6.07) is 11.7. The minimum atomic E-state index is -0.803. The molecule has 0 spiro atoms. The number of ether oxygens (including phenoxy) is 1. The maximum Gasteiger partial charge on any atom is 0.304 e. The van der Waals surface area contributed by atoms with Gasteiger partial charge in [0.05, 0.1) is 17.5 Å². The van der Waals surface area contributed by atoms with E-state index in [1.165, 1.54) is 5.56 Å². The first-order valence-corrected chi connectivity index (χ1v) is 11.3. The number of carbonyl (C=O) groups is 1. The summed E-state index contributed by atoms with van der Waals surface area (Å²) in [7, 11) is 0. The van der Waals surface area contributed by atoms with Crippen molar-refractivity contribution < 1.29 is 19.2 Å². The Morgan fingerprint density at radius 3 is 2.88 bits per heavy atom. The fraction of sp³-hybridized carbons (Fsp3) is 0.375. The second-order valence-electron chi connectivity index (χ2n) is 8.44. The second-order valence-corrected chi connectivity index (χ2v) is 8.84. The second kappa shape index (κ2) is 9.80. The predicted molar refractivity (Wildman–Crippen MR) is 126 cm³/mol. The minimum absolute atomic E-state index is 0.0293. The van der Waals surface area contributed by atoms with Crippen molar-refractivity contribution in [2.45, 2.75) is 45.8 Å². The summed E-state index contributed by atoms with van der Waals surface area (Å²) in [6.45, 7) is 7.86. The van der Waals surface area contributed by atoms with Gasteiger partial charge < -0.3 is 24.6 Å². The number of carboxylic acids is 1. The molecule has 2 aromatic carbocycles. The van der Waals surface area contributed by atoms with E-state index in [4.69, 9.17) is 26.0 Å². The Labute approximate surface area is 197 Å². The van der Waals surface area contributed by atoms with Crippen LogP contribution in [-0.2, 0) is 11.3 Å². The predicted octanol–water partition coefficient (Wildman–Crippen LogP) is 5.00. The molecular formula is C24H27ClN4O4. The standard InChI is InChI=1S/C24H27ClN4O4/c1-14(2)32-21-7-5-17(11-19(21)25)23-27-24(28-33-23)29-13-15(3)18-10-16(4-6-20(18)29)12-26-9-8-22(30)31/h4-7,10-11,14-15,26H,8-9,12-13H2,1-3H3,(H,30,31). The third-order valence-corrected chi connectivity index (χ3v) is 5.71. The van der Waals surface area contributed by atoms with Gasteiger partial charge in [0.1, 0.15) is 5.75 Å². The van der Waals surface area contributed by atoms with Gasteiger partial charge in [0.2, 0.25) is 0 Å². The van der Waals surface area contributed by atoms with Crippen LogP contribution < -0.4 is 15.0 Å². The van der Waals surface area contributed by atoms with Gasteiger partial charge in [-0.2, -0.15) is 4.98 Å². The molecule has 0 aliphatic carbocycles. The summed E-state index contributed by atoms with van der Waals surface area (Å²) in [5.41, 5.74) is 4.09. The van der Waals surface area contributed by atoms with E-state index in [1.807, 2.05) is 30.9 Å². The summed E-state index contributed by atoms with van der Waals surface area (Å²) in [4.78, 5) is 17.3. The molecule has 1 aliphatic heterocycles. The summed E-state index contributed by atoms with van der Waals surface area (Å²) in [5, 5.41) is 16.6. The summed E-state index contributed by atoms with van der Waals surface area (Å²) in [5.74, 6) is 1.00. The molecule has 2 heterocycles. The lowest BCUT2D eigenvalue weighted by molar-refractivity contribution is -0.136. The topological polar surface area (TPSA) is 101 Å². The smallest absolute Gasteiger partial charge is 0.304 e. The fourth-order valence-corrected chi connectivity index (χ4v) is 4.09. The monoisotopic (exact) mass is 470 g/mol. The molecule has 33 heavy (non-hydrogen) atoms. The van der Waals surface area contributed by atoms with Gasteiger partial charge in [-0.25, -0.2) is 0 Å². The molecule has 8 nitrogen and oxygen atoms in total. The maximum absolute atomic E-state index is 10.7. The molecule has 9 heteroatoms. The first kappa shape index (κ1) is 23.1. The van der Waals surface area contributed by atoms with Crippen LogP contribution in [0, 0.1) is 0 Å². The molecule has 1 unspecified atom stereocenters.